The molecule has 0 saturated carbocycles. The highest BCUT2D eigenvalue weighted by atomic mass is 35.5. The van der Waals surface area contributed by atoms with Crippen molar-refractivity contribution in [3.05, 3.63) is 29.3 Å². The molecule has 0 aromatic carbocycles. The van der Waals surface area contributed by atoms with Crippen molar-refractivity contribution in [3.63, 3.8) is 0 Å². The van der Waals surface area contributed by atoms with Gasteiger partial charge in [-0.3, -0.25) is 0 Å². The van der Waals surface area contributed by atoms with Gasteiger partial charge in [-0.1, -0.05) is 11.6 Å². The third-order valence-electron chi connectivity index (χ3n) is 1.87. The van der Waals surface area contributed by atoms with Crippen molar-refractivity contribution in [2.45, 2.75) is 6.92 Å². The Labute approximate surface area is 90.6 Å². The Morgan fingerprint density at radius 2 is 2.47 bits per heavy atom. The van der Waals surface area contributed by atoms with E-state index in [0.717, 1.165) is 0 Å². The summed E-state index contributed by atoms with van der Waals surface area (Å²) in [5, 5.41) is 4.22. The van der Waals surface area contributed by atoms with Gasteiger partial charge in [0.05, 0.1) is 12.2 Å². The molecule has 0 atom stereocenters. The third kappa shape index (κ3) is 1.78. The van der Waals surface area contributed by atoms with E-state index in [1.54, 1.807) is 19.2 Å². The number of aromatic nitrogens is 3. The minimum atomic E-state index is -0.390. The summed E-state index contributed by atoms with van der Waals surface area (Å²) in [6.45, 7) is 2.09. The van der Waals surface area contributed by atoms with Crippen LogP contribution in [0.15, 0.2) is 18.6 Å². The number of halogens is 1. The molecule has 0 unspecified atom stereocenters. The summed E-state index contributed by atoms with van der Waals surface area (Å²) in [4.78, 5) is 15.2. The van der Waals surface area contributed by atoms with Gasteiger partial charge in [-0.2, -0.15) is 5.10 Å². The van der Waals surface area contributed by atoms with Crippen LogP contribution in [0.1, 0.15) is 17.3 Å². The first-order chi connectivity index (χ1) is 7.22. The lowest BCUT2D eigenvalue weighted by Gasteiger charge is -1.95. The lowest BCUT2D eigenvalue weighted by Crippen LogP contribution is -2.02. The number of fused-ring (bicyclic) bond motifs is 1. The maximum atomic E-state index is 11.4. The maximum absolute atomic E-state index is 11.4. The van der Waals surface area contributed by atoms with Crippen LogP contribution in [0, 0.1) is 0 Å². The van der Waals surface area contributed by atoms with Crippen LogP contribution in [0.25, 0.3) is 5.52 Å². The fourth-order valence-corrected chi connectivity index (χ4v) is 1.41. The van der Waals surface area contributed by atoms with Crippen molar-refractivity contribution >= 4 is 23.1 Å². The van der Waals surface area contributed by atoms with E-state index in [2.05, 4.69) is 10.1 Å². The molecule has 0 spiro atoms. The van der Waals surface area contributed by atoms with E-state index < -0.39 is 0 Å². The Morgan fingerprint density at radius 3 is 3.13 bits per heavy atom. The Balaban J connectivity index is 2.47. The summed E-state index contributed by atoms with van der Waals surface area (Å²) in [6.07, 6.45) is 2.88. The molecular weight excluding hydrogens is 218 g/mol. The molecule has 0 N–H and O–H groups in total. The predicted molar refractivity (Wildman–Crippen MR) is 54.0 cm³/mol. The van der Waals surface area contributed by atoms with Gasteiger partial charge >= 0.3 is 5.97 Å². The van der Waals surface area contributed by atoms with E-state index in [-0.39, 0.29) is 5.97 Å². The van der Waals surface area contributed by atoms with E-state index in [9.17, 15) is 4.79 Å². The lowest BCUT2D eigenvalue weighted by atomic mass is 10.3. The van der Waals surface area contributed by atoms with Gasteiger partial charge in [0.15, 0.2) is 5.15 Å². The van der Waals surface area contributed by atoms with E-state index in [0.29, 0.717) is 22.8 Å². The molecule has 0 amide bonds. The molecule has 2 heterocycles. The fourth-order valence-electron chi connectivity index (χ4n) is 1.23. The zero-order valence-corrected chi connectivity index (χ0v) is 8.73. The summed E-state index contributed by atoms with van der Waals surface area (Å²) in [5.74, 6) is -0.390. The monoisotopic (exact) mass is 225 g/mol. The summed E-state index contributed by atoms with van der Waals surface area (Å²) in [6, 6.07) is 1.60. The van der Waals surface area contributed by atoms with Crippen LogP contribution in [0.5, 0.6) is 0 Å². The van der Waals surface area contributed by atoms with E-state index in [1.807, 2.05) is 0 Å². The molecule has 0 aliphatic rings. The molecule has 0 fully saturated rings. The lowest BCUT2D eigenvalue weighted by molar-refractivity contribution is 0.0526. The van der Waals surface area contributed by atoms with Gasteiger partial charge in [-0.25, -0.2) is 14.3 Å². The van der Waals surface area contributed by atoms with Crippen molar-refractivity contribution in [2.24, 2.45) is 0 Å². The second kappa shape index (κ2) is 3.86. The van der Waals surface area contributed by atoms with Gasteiger partial charge in [-0.05, 0) is 13.0 Å². The fraction of sp³-hybridized carbons (Fsp3) is 0.222. The maximum Gasteiger partial charge on any atom is 0.339 e. The number of carbonyl (C=O) groups excluding carboxylic acids is 1. The summed E-state index contributed by atoms with van der Waals surface area (Å²) >= 11 is 5.83. The van der Waals surface area contributed by atoms with Gasteiger partial charge in [0.2, 0.25) is 0 Å². The normalized spacial score (nSPS) is 10.5. The van der Waals surface area contributed by atoms with Crippen LogP contribution < -0.4 is 0 Å². The van der Waals surface area contributed by atoms with Crippen LogP contribution in [-0.2, 0) is 4.74 Å². The highest BCUT2D eigenvalue weighted by Crippen LogP contribution is 2.16. The molecule has 15 heavy (non-hydrogen) atoms. The van der Waals surface area contributed by atoms with Gasteiger partial charge < -0.3 is 4.74 Å². The molecule has 2 rings (SSSR count). The molecule has 5 nitrogen and oxygen atoms in total. The summed E-state index contributed by atoms with van der Waals surface area (Å²) in [7, 11) is 0. The zero-order valence-electron chi connectivity index (χ0n) is 7.98. The van der Waals surface area contributed by atoms with Crippen LogP contribution in [0.3, 0.4) is 0 Å². The topological polar surface area (TPSA) is 56.5 Å². The molecule has 0 radical (unpaired) electrons. The Kier molecular flexibility index (Phi) is 2.55. The number of ether oxygens (including phenoxy) is 1. The molecule has 0 saturated heterocycles. The van der Waals surface area contributed by atoms with Gasteiger partial charge in [0.25, 0.3) is 0 Å². The zero-order chi connectivity index (χ0) is 10.8. The van der Waals surface area contributed by atoms with Crippen molar-refractivity contribution in [2.75, 3.05) is 6.61 Å². The van der Waals surface area contributed by atoms with E-state index in [4.69, 9.17) is 16.3 Å². The standard InChI is InChI=1S/C9H8ClN3O2/c1-2-15-9(14)6-3-7-8(10)11-5-12-13(7)4-6/h3-5H,2H2,1H3. The molecule has 78 valence electrons. The number of hydrogen-bond acceptors (Lipinski definition) is 4. The summed E-state index contributed by atoms with van der Waals surface area (Å²) in [5.41, 5.74) is 1.00. The predicted octanol–water partition coefficient (Wildman–Crippen LogP) is 1.56. The van der Waals surface area contributed by atoms with Crippen LogP contribution in [0.2, 0.25) is 5.15 Å². The number of nitrogens with zero attached hydrogens (tertiary/aromatic N) is 3. The first kappa shape index (κ1) is 9.92. The van der Waals surface area contributed by atoms with Gasteiger partial charge in [0, 0.05) is 6.20 Å². The van der Waals surface area contributed by atoms with Crippen molar-refractivity contribution in [3.8, 4) is 0 Å². The van der Waals surface area contributed by atoms with Gasteiger partial charge in [0.1, 0.15) is 11.8 Å². The smallest absolute Gasteiger partial charge is 0.339 e. The molecular formula is C9H8ClN3O2. The SMILES string of the molecule is CCOC(=O)c1cc2c(Cl)ncnn2c1. The second-order valence-electron chi connectivity index (χ2n) is 2.83. The quantitative estimate of drug-likeness (QED) is 0.728. The second-order valence-corrected chi connectivity index (χ2v) is 3.19. The first-order valence-electron chi connectivity index (χ1n) is 4.38. The Bertz CT molecular complexity index is 509. The molecule has 0 aliphatic heterocycles. The van der Waals surface area contributed by atoms with Crippen molar-refractivity contribution in [1.82, 2.24) is 14.6 Å². The number of carbonyl (C=O) groups is 1. The average molecular weight is 226 g/mol. The third-order valence-corrected chi connectivity index (χ3v) is 2.16. The first-order valence-corrected chi connectivity index (χ1v) is 4.76. The molecule has 0 bridgehead atoms. The van der Waals surface area contributed by atoms with Crippen LogP contribution >= 0.6 is 11.6 Å². The van der Waals surface area contributed by atoms with Crippen molar-refractivity contribution < 1.29 is 9.53 Å². The Hall–Kier alpha value is -1.62. The van der Waals surface area contributed by atoms with Crippen LogP contribution in [0.4, 0.5) is 0 Å². The largest absolute Gasteiger partial charge is 0.462 e. The molecule has 0 aliphatic carbocycles. The summed E-state index contributed by atoms with van der Waals surface area (Å²) < 4.78 is 6.34. The van der Waals surface area contributed by atoms with E-state index in [1.165, 1.54) is 10.8 Å². The minimum absolute atomic E-state index is 0.306. The minimum Gasteiger partial charge on any atom is -0.462 e. The highest BCUT2D eigenvalue weighted by molar-refractivity contribution is 6.32. The van der Waals surface area contributed by atoms with Crippen LogP contribution in [-0.4, -0.2) is 27.2 Å². The number of esters is 1. The van der Waals surface area contributed by atoms with Crippen molar-refractivity contribution in [1.29, 1.82) is 0 Å². The number of rotatable bonds is 2. The molecule has 2 aromatic rings. The Morgan fingerprint density at radius 1 is 1.67 bits per heavy atom. The molecule has 2 aromatic heterocycles. The van der Waals surface area contributed by atoms with E-state index >= 15 is 0 Å². The van der Waals surface area contributed by atoms with Gasteiger partial charge in [-0.15, -0.1) is 0 Å². The highest BCUT2D eigenvalue weighted by Gasteiger charge is 2.11. The average Bonchev–Trinajstić information content (AvgIpc) is 2.63. The molecule has 6 heteroatoms. The number of hydrogen-bond donors (Lipinski definition) is 0.